The van der Waals surface area contributed by atoms with Gasteiger partial charge < -0.3 is 9.88 Å². The van der Waals surface area contributed by atoms with Crippen molar-refractivity contribution in [1.29, 1.82) is 0 Å². The fraction of sp³-hybridized carbons (Fsp3) is 0.250. The maximum absolute atomic E-state index is 12.7. The molecule has 1 N–H and O–H groups in total. The highest BCUT2D eigenvalue weighted by molar-refractivity contribution is 7.99. The van der Waals surface area contributed by atoms with Gasteiger partial charge in [-0.25, -0.2) is 4.79 Å². The normalized spacial score (nSPS) is 14.1. The predicted octanol–water partition coefficient (Wildman–Crippen LogP) is 4.26. The quantitative estimate of drug-likeness (QED) is 0.688. The van der Waals surface area contributed by atoms with Crippen LogP contribution in [0.25, 0.3) is 0 Å². The Morgan fingerprint density at radius 3 is 2.89 bits per heavy atom. The lowest BCUT2D eigenvalue weighted by Crippen LogP contribution is -2.33. The molecule has 3 aromatic rings. The number of aromatic nitrogens is 3. The monoisotopic (exact) mass is 379 g/mol. The Morgan fingerprint density at radius 1 is 1.22 bits per heavy atom. The van der Waals surface area contributed by atoms with Crippen LogP contribution in [0.4, 0.5) is 16.2 Å². The fourth-order valence-corrected chi connectivity index (χ4v) is 4.12. The molecule has 0 spiro atoms. The van der Waals surface area contributed by atoms with Crippen molar-refractivity contribution in [2.24, 2.45) is 7.05 Å². The van der Waals surface area contributed by atoms with Crippen molar-refractivity contribution in [3.63, 3.8) is 0 Å². The first-order valence-electron chi connectivity index (χ1n) is 8.89. The zero-order valence-corrected chi connectivity index (χ0v) is 16.1. The fourth-order valence-electron chi connectivity index (χ4n) is 3.21. The molecular weight excluding hydrogens is 358 g/mol. The maximum atomic E-state index is 12.7. The molecule has 1 aliphatic heterocycles. The van der Waals surface area contributed by atoms with Crippen molar-refractivity contribution in [3.8, 4) is 0 Å². The Bertz CT molecular complexity index is 970. The van der Waals surface area contributed by atoms with E-state index in [2.05, 4.69) is 34.6 Å². The molecule has 0 aliphatic carbocycles. The van der Waals surface area contributed by atoms with Crippen LogP contribution in [0.3, 0.4) is 0 Å². The van der Waals surface area contributed by atoms with Crippen LogP contribution in [-0.2, 0) is 13.5 Å². The van der Waals surface area contributed by atoms with E-state index in [-0.39, 0.29) is 11.3 Å². The van der Waals surface area contributed by atoms with Gasteiger partial charge in [-0.05, 0) is 42.7 Å². The Morgan fingerprint density at radius 2 is 2.07 bits per heavy atom. The van der Waals surface area contributed by atoms with Crippen LogP contribution in [0.2, 0.25) is 0 Å². The Hall–Kier alpha value is -2.80. The summed E-state index contributed by atoms with van der Waals surface area (Å²) in [6.07, 6.45) is 2.59. The van der Waals surface area contributed by atoms with Gasteiger partial charge >= 0.3 is 6.03 Å². The first kappa shape index (κ1) is 17.6. The minimum atomic E-state index is -0.0919. The summed E-state index contributed by atoms with van der Waals surface area (Å²) >= 11 is 1.64. The van der Waals surface area contributed by atoms with Gasteiger partial charge in [-0.2, -0.15) is 0 Å². The lowest BCUT2D eigenvalue weighted by Gasteiger charge is -2.19. The van der Waals surface area contributed by atoms with E-state index < -0.39 is 0 Å². The number of para-hydroxylation sites is 1. The summed E-state index contributed by atoms with van der Waals surface area (Å²) in [7, 11) is 1.93. The van der Waals surface area contributed by atoms with Gasteiger partial charge in [-0.3, -0.25) is 4.90 Å². The number of aryl methyl sites for hydroxylation is 1. The summed E-state index contributed by atoms with van der Waals surface area (Å²) in [6, 6.07) is 15.9. The Labute approximate surface area is 162 Å². The molecule has 1 aromatic heterocycles. The molecule has 0 saturated heterocycles. The van der Waals surface area contributed by atoms with Crippen molar-refractivity contribution in [3.05, 3.63) is 66.0 Å². The first-order valence-corrected chi connectivity index (χ1v) is 9.77. The summed E-state index contributed by atoms with van der Waals surface area (Å²) in [4.78, 5) is 14.6. The number of hydrogen-bond acceptors (Lipinski definition) is 4. The van der Waals surface area contributed by atoms with E-state index >= 15 is 0 Å². The molecular formula is C20H21N5OS. The summed E-state index contributed by atoms with van der Waals surface area (Å²) in [5.41, 5.74) is 4.14. The number of thioether (sulfide) groups is 1. The molecule has 1 unspecified atom stereocenters. The van der Waals surface area contributed by atoms with Gasteiger partial charge in [0.1, 0.15) is 6.33 Å². The van der Waals surface area contributed by atoms with Gasteiger partial charge in [-0.15, -0.1) is 10.2 Å². The predicted molar refractivity (Wildman–Crippen MR) is 108 cm³/mol. The van der Waals surface area contributed by atoms with Crippen molar-refractivity contribution >= 4 is 29.2 Å². The highest BCUT2D eigenvalue weighted by Gasteiger charge is 2.24. The third-order valence-electron chi connectivity index (χ3n) is 4.69. The van der Waals surface area contributed by atoms with Crippen molar-refractivity contribution in [2.45, 2.75) is 23.8 Å². The smallest absolute Gasteiger partial charge is 0.312 e. The van der Waals surface area contributed by atoms with E-state index in [9.17, 15) is 4.79 Å². The van der Waals surface area contributed by atoms with Crippen LogP contribution in [0.1, 0.15) is 23.3 Å². The molecule has 0 saturated carbocycles. The van der Waals surface area contributed by atoms with Crippen LogP contribution in [0.5, 0.6) is 0 Å². The lowest BCUT2D eigenvalue weighted by atomic mass is 10.1. The highest BCUT2D eigenvalue weighted by Crippen LogP contribution is 2.34. The molecule has 27 heavy (non-hydrogen) atoms. The number of anilines is 2. The molecule has 0 radical (unpaired) electrons. The van der Waals surface area contributed by atoms with Crippen molar-refractivity contribution < 1.29 is 4.79 Å². The summed E-state index contributed by atoms with van der Waals surface area (Å²) < 4.78 is 1.90. The summed E-state index contributed by atoms with van der Waals surface area (Å²) in [5, 5.41) is 12.1. The SMILES string of the molecule is CC(Sc1nncn1C)c1cccc(NC(=O)N2CCc3ccccc32)c1. The summed E-state index contributed by atoms with van der Waals surface area (Å²) in [5.74, 6) is 0. The number of amides is 2. The largest absolute Gasteiger partial charge is 0.326 e. The molecule has 4 rings (SSSR count). The van der Waals surface area contributed by atoms with Crippen molar-refractivity contribution in [1.82, 2.24) is 14.8 Å². The lowest BCUT2D eigenvalue weighted by molar-refractivity contribution is 0.257. The molecule has 7 heteroatoms. The molecule has 0 fully saturated rings. The second-order valence-electron chi connectivity index (χ2n) is 6.57. The second-order valence-corrected chi connectivity index (χ2v) is 7.88. The number of carbonyl (C=O) groups is 1. The van der Waals surface area contributed by atoms with Crippen LogP contribution in [0, 0.1) is 0 Å². The van der Waals surface area contributed by atoms with Gasteiger partial charge in [0.2, 0.25) is 0 Å². The number of carbonyl (C=O) groups excluding carboxylic acids is 1. The highest BCUT2D eigenvalue weighted by atomic mass is 32.2. The molecule has 1 atom stereocenters. The number of urea groups is 1. The average Bonchev–Trinajstić information content (AvgIpc) is 3.28. The Balaban J connectivity index is 1.47. The third-order valence-corrected chi connectivity index (χ3v) is 5.90. The standard InChI is InChI=1S/C20H21N5OS/c1-14(27-20-23-21-13-24(20)2)16-7-5-8-17(12-16)22-19(26)25-11-10-15-6-3-4-9-18(15)25/h3-9,12-14H,10-11H2,1-2H3,(H,22,26). The van der Waals surface area contributed by atoms with Gasteiger partial charge in [0, 0.05) is 30.2 Å². The molecule has 138 valence electrons. The number of rotatable bonds is 4. The zero-order chi connectivity index (χ0) is 18.8. The van der Waals surface area contributed by atoms with Crippen LogP contribution >= 0.6 is 11.8 Å². The second kappa shape index (κ2) is 7.44. The number of nitrogens with one attached hydrogen (secondary N) is 1. The van der Waals surface area contributed by atoms with E-state index in [0.717, 1.165) is 28.5 Å². The molecule has 1 aliphatic rings. The summed E-state index contributed by atoms with van der Waals surface area (Å²) in [6.45, 7) is 2.83. The number of hydrogen-bond donors (Lipinski definition) is 1. The van der Waals surface area contributed by atoms with E-state index in [0.29, 0.717) is 6.54 Å². The molecule has 0 bridgehead atoms. The zero-order valence-electron chi connectivity index (χ0n) is 15.3. The van der Waals surface area contributed by atoms with E-state index in [1.54, 1.807) is 23.0 Å². The average molecular weight is 379 g/mol. The topological polar surface area (TPSA) is 63.1 Å². The first-order chi connectivity index (χ1) is 13.1. The van der Waals surface area contributed by atoms with Crippen LogP contribution < -0.4 is 10.2 Å². The van der Waals surface area contributed by atoms with Gasteiger partial charge in [0.25, 0.3) is 0 Å². The van der Waals surface area contributed by atoms with E-state index in [1.807, 2.05) is 48.0 Å². The van der Waals surface area contributed by atoms with Crippen LogP contribution in [-0.4, -0.2) is 27.3 Å². The molecule has 2 heterocycles. The van der Waals surface area contributed by atoms with Crippen molar-refractivity contribution in [2.75, 3.05) is 16.8 Å². The van der Waals surface area contributed by atoms with Gasteiger partial charge in [0.15, 0.2) is 5.16 Å². The van der Waals surface area contributed by atoms with E-state index in [4.69, 9.17) is 0 Å². The minimum Gasteiger partial charge on any atom is -0.312 e. The molecule has 6 nitrogen and oxygen atoms in total. The molecule has 2 amide bonds. The Kier molecular flexibility index (Phi) is 4.85. The number of fused-ring (bicyclic) bond motifs is 1. The third kappa shape index (κ3) is 3.68. The number of nitrogens with zero attached hydrogens (tertiary/aromatic N) is 4. The minimum absolute atomic E-state index is 0.0919. The molecule has 2 aromatic carbocycles. The van der Waals surface area contributed by atoms with Crippen LogP contribution in [0.15, 0.2) is 60.0 Å². The number of benzene rings is 2. The van der Waals surface area contributed by atoms with E-state index in [1.165, 1.54) is 5.56 Å². The van der Waals surface area contributed by atoms with Gasteiger partial charge in [0.05, 0.1) is 0 Å². The van der Waals surface area contributed by atoms with Gasteiger partial charge in [-0.1, -0.05) is 42.1 Å². The maximum Gasteiger partial charge on any atom is 0.326 e.